The van der Waals surface area contributed by atoms with Crippen LogP contribution in [-0.2, 0) is 13.6 Å². The molecule has 2 bridgehead atoms. The number of aryl methyl sites for hydroxylation is 1. The van der Waals surface area contributed by atoms with Crippen molar-refractivity contribution < 1.29 is 13.9 Å². The normalized spacial score (nSPS) is 16.5. The molecule has 8 nitrogen and oxygen atoms in total. The fraction of sp³-hybridized carbons (Fsp3) is 0.263. The molecule has 1 aliphatic heterocycles. The molecule has 0 aliphatic carbocycles. The van der Waals surface area contributed by atoms with E-state index in [-0.39, 0.29) is 24.1 Å². The van der Waals surface area contributed by atoms with E-state index >= 15 is 0 Å². The second-order valence-electron chi connectivity index (χ2n) is 6.76. The minimum absolute atomic E-state index is 0.111. The van der Waals surface area contributed by atoms with E-state index in [0.29, 0.717) is 22.5 Å². The molecule has 1 aliphatic rings. The van der Waals surface area contributed by atoms with Crippen LogP contribution in [-0.4, -0.2) is 37.6 Å². The zero-order valence-electron chi connectivity index (χ0n) is 15.7. The third-order valence-corrected chi connectivity index (χ3v) is 4.65. The Morgan fingerprint density at radius 3 is 2.86 bits per heavy atom. The highest BCUT2D eigenvalue weighted by atomic mass is 19.1. The molecule has 1 atom stereocenters. The van der Waals surface area contributed by atoms with Crippen molar-refractivity contribution in [2.45, 2.75) is 19.6 Å². The van der Waals surface area contributed by atoms with Crippen molar-refractivity contribution in [1.29, 1.82) is 0 Å². The predicted molar refractivity (Wildman–Crippen MR) is 99.9 cm³/mol. The first-order valence-corrected chi connectivity index (χ1v) is 8.70. The van der Waals surface area contributed by atoms with Gasteiger partial charge in [-0.05, 0) is 25.1 Å². The highest BCUT2D eigenvalue weighted by Gasteiger charge is 2.25. The second-order valence-corrected chi connectivity index (χ2v) is 6.76. The first kappa shape index (κ1) is 17.9. The maximum atomic E-state index is 13.9. The molecule has 3 heterocycles. The van der Waals surface area contributed by atoms with Crippen LogP contribution in [0, 0.1) is 5.82 Å². The molecule has 0 saturated heterocycles. The number of nitrogens with two attached hydrogens (primary N) is 1. The van der Waals surface area contributed by atoms with E-state index < -0.39 is 11.9 Å². The molecule has 9 heteroatoms. The lowest BCUT2D eigenvalue weighted by Crippen LogP contribution is -2.28. The highest BCUT2D eigenvalue weighted by Crippen LogP contribution is 2.31. The van der Waals surface area contributed by atoms with Crippen LogP contribution in [0.5, 0.6) is 5.88 Å². The van der Waals surface area contributed by atoms with Gasteiger partial charge >= 0.3 is 0 Å². The summed E-state index contributed by atoms with van der Waals surface area (Å²) in [6.07, 6.45) is 2.67. The molecule has 4 rings (SSSR count). The number of ether oxygens (including phenoxy) is 1. The largest absolute Gasteiger partial charge is 0.467 e. The van der Waals surface area contributed by atoms with Crippen LogP contribution in [0.1, 0.15) is 34.6 Å². The summed E-state index contributed by atoms with van der Waals surface area (Å²) < 4.78 is 21.4. The minimum atomic E-state index is -0.664. The Morgan fingerprint density at radius 2 is 2.07 bits per heavy atom. The number of carbonyl (C=O) groups excluding carboxylic acids is 1. The molecule has 28 heavy (non-hydrogen) atoms. The number of rotatable bonds is 0. The van der Waals surface area contributed by atoms with Gasteiger partial charge in [0.05, 0.1) is 24.1 Å². The van der Waals surface area contributed by atoms with E-state index in [1.807, 2.05) is 0 Å². The van der Waals surface area contributed by atoms with Crippen molar-refractivity contribution in [2.75, 3.05) is 12.8 Å². The fourth-order valence-corrected chi connectivity index (χ4v) is 3.26. The predicted octanol–water partition coefficient (Wildman–Crippen LogP) is 2.32. The van der Waals surface area contributed by atoms with E-state index in [1.165, 1.54) is 29.3 Å². The highest BCUT2D eigenvalue weighted by molar-refractivity contribution is 5.95. The lowest BCUT2D eigenvalue weighted by Gasteiger charge is -2.23. The number of carbonyl (C=O) groups is 1. The van der Waals surface area contributed by atoms with Gasteiger partial charge in [0, 0.05) is 37.0 Å². The Hall–Kier alpha value is -3.49. The van der Waals surface area contributed by atoms with Gasteiger partial charge in [-0.2, -0.15) is 5.10 Å². The van der Waals surface area contributed by atoms with Gasteiger partial charge in [-0.25, -0.2) is 14.4 Å². The van der Waals surface area contributed by atoms with Crippen LogP contribution in [0.4, 0.5) is 10.2 Å². The number of hydrogen-bond donors (Lipinski definition) is 1. The Balaban J connectivity index is 1.93. The van der Waals surface area contributed by atoms with Crippen molar-refractivity contribution in [2.24, 2.45) is 7.05 Å². The van der Waals surface area contributed by atoms with Crippen LogP contribution in [0.2, 0.25) is 0 Å². The molecular formula is C19H19FN6O2. The Kier molecular flexibility index (Phi) is 4.21. The van der Waals surface area contributed by atoms with Gasteiger partial charge in [-0.15, -0.1) is 0 Å². The van der Waals surface area contributed by atoms with Crippen LogP contribution in [0.3, 0.4) is 0 Å². The summed E-state index contributed by atoms with van der Waals surface area (Å²) in [6, 6.07) is 4.00. The van der Waals surface area contributed by atoms with Crippen LogP contribution in [0.25, 0.3) is 11.3 Å². The van der Waals surface area contributed by atoms with Crippen LogP contribution >= 0.6 is 0 Å². The Labute approximate surface area is 160 Å². The molecule has 1 unspecified atom stereocenters. The smallest absolute Gasteiger partial charge is 0.258 e. The SMILES string of the molecule is CC1Oc2nc(cnc2N)-c2cn(C)nc2CN(C)C(=O)c2ccc(F)cc21. The average Bonchev–Trinajstić information content (AvgIpc) is 3.02. The molecule has 1 amide bonds. The molecule has 2 N–H and O–H groups in total. The second kappa shape index (κ2) is 6.59. The third kappa shape index (κ3) is 3.04. The van der Waals surface area contributed by atoms with E-state index in [1.54, 1.807) is 31.9 Å². The van der Waals surface area contributed by atoms with Crippen LogP contribution in [0.15, 0.2) is 30.6 Å². The number of halogens is 1. The lowest BCUT2D eigenvalue weighted by atomic mass is 10.0. The first-order valence-electron chi connectivity index (χ1n) is 8.70. The molecule has 3 aromatic rings. The number of nitrogens with zero attached hydrogens (tertiary/aromatic N) is 5. The minimum Gasteiger partial charge on any atom is -0.467 e. The zero-order valence-corrected chi connectivity index (χ0v) is 15.7. The standard InChI is InChI=1S/C19H19FN6O2/c1-10-13-6-11(20)4-5-12(13)19(27)25(2)9-16-14(8-26(3)24-16)15-7-22-17(21)18(23-15)28-10/h4-8,10H,9H2,1-3H3,(H2,21,22). The third-order valence-electron chi connectivity index (χ3n) is 4.65. The molecule has 0 saturated carbocycles. The zero-order chi connectivity index (χ0) is 20.0. The van der Waals surface area contributed by atoms with Gasteiger partial charge in [0.1, 0.15) is 11.9 Å². The molecule has 1 aromatic carbocycles. The Bertz CT molecular complexity index is 1080. The molecule has 0 fully saturated rings. The lowest BCUT2D eigenvalue weighted by molar-refractivity contribution is 0.0778. The van der Waals surface area contributed by atoms with E-state index in [0.717, 1.165) is 5.56 Å². The van der Waals surface area contributed by atoms with Crippen molar-refractivity contribution in [3.8, 4) is 17.1 Å². The van der Waals surface area contributed by atoms with Crippen molar-refractivity contribution in [3.05, 3.63) is 53.2 Å². The molecular weight excluding hydrogens is 363 g/mol. The molecule has 0 radical (unpaired) electrons. The summed E-state index contributed by atoms with van der Waals surface area (Å²) in [4.78, 5) is 23.3. The van der Waals surface area contributed by atoms with Crippen molar-refractivity contribution in [1.82, 2.24) is 24.6 Å². The number of hydrogen-bond acceptors (Lipinski definition) is 6. The number of benzene rings is 1. The quantitative estimate of drug-likeness (QED) is 0.641. The summed E-state index contributed by atoms with van der Waals surface area (Å²) >= 11 is 0. The summed E-state index contributed by atoms with van der Waals surface area (Å²) in [5, 5.41) is 4.45. The van der Waals surface area contributed by atoms with Gasteiger partial charge in [-0.3, -0.25) is 9.48 Å². The van der Waals surface area contributed by atoms with Gasteiger partial charge in [0.15, 0.2) is 5.82 Å². The summed E-state index contributed by atoms with van der Waals surface area (Å²) in [6.45, 7) is 1.96. The molecule has 0 spiro atoms. The molecule has 144 valence electrons. The van der Waals surface area contributed by atoms with Crippen molar-refractivity contribution in [3.63, 3.8) is 0 Å². The van der Waals surface area contributed by atoms with E-state index in [9.17, 15) is 9.18 Å². The van der Waals surface area contributed by atoms with Gasteiger partial charge in [0.25, 0.3) is 11.8 Å². The maximum Gasteiger partial charge on any atom is 0.258 e. The number of anilines is 1. The van der Waals surface area contributed by atoms with E-state index in [4.69, 9.17) is 10.5 Å². The summed E-state index contributed by atoms with van der Waals surface area (Å²) in [5.41, 5.74) is 8.59. The summed E-state index contributed by atoms with van der Waals surface area (Å²) in [5.74, 6) is -0.488. The maximum absolute atomic E-state index is 13.9. The number of aromatic nitrogens is 4. The van der Waals surface area contributed by atoms with E-state index in [2.05, 4.69) is 15.1 Å². The topological polar surface area (TPSA) is 99.2 Å². The van der Waals surface area contributed by atoms with Gasteiger partial charge in [0.2, 0.25) is 0 Å². The number of fused-ring (bicyclic) bond motifs is 5. The van der Waals surface area contributed by atoms with Gasteiger partial charge in [-0.1, -0.05) is 0 Å². The molecule has 2 aromatic heterocycles. The number of nitrogen functional groups attached to an aromatic ring is 1. The number of amides is 1. The monoisotopic (exact) mass is 382 g/mol. The Morgan fingerprint density at radius 1 is 1.29 bits per heavy atom. The fourth-order valence-electron chi connectivity index (χ4n) is 3.26. The average molecular weight is 382 g/mol. The van der Waals surface area contributed by atoms with Crippen LogP contribution < -0.4 is 10.5 Å². The summed E-state index contributed by atoms with van der Waals surface area (Å²) in [7, 11) is 3.46. The van der Waals surface area contributed by atoms with Gasteiger partial charge < -0.3 is 15.4 Å². The first-order chi connectivity index (χ1) is 13.3. The van der Waals surface area contributed by atoms with Crippen molar-refractivity contribution >= 4 is 11.7 Å².